The quantitative estimate of drug-likeness (QED) is 0.688. The number of amides is 1. The molecule has 1 atom stereocenters. The minimum Gasteiger partial charge on any atom is -0.497 e. The first-order valence-electron chi connectivity index (χ1n) is 8.34. The maximum absolute atomic E-state index is 12.5. The Morgan fingerprint density at radius 3 is 2.46 bits per heavy atom. The second kappa shape index (κ2) is 8.62. The molecule has 1 amide bonds. The fourth-order valence-corrected chi connectivity index (χ4v) is 2.67. The van der Waals surface area contributed by atoms with E-state index >= 15 is 0 Å². The Morgan fingerprint density at radius 1 is 1.00 bits per heavy atom. The molecule has 3 rings (SSSR count). The maximum atomic E-state index is 12.5. The Balaban J connectivity index is 1.78. The summed E-state index contributed by atoms with van der Waals surface area (Å²) >= 11 is 0. The second-order valence-electron chi connectivity index (χ2n) is 5.74. The van der Waals surface area contributed by atoms with Gasteiger partial charge in [0, 0.05) is 18.5 Å². The van der Waals surface area contributed by atoms with E-state index in [-0.39, 0.29) is 11.9 Å². The van der Waals surface area contributed by atoms with E-state index in [1.165, 1.54) is 6.08 Å². The third-order valence-corrected chi connectivity index (χ3v) is 3.98. The first kappa shape index (κ1) is 17.4. The minimum atomic E-state index is -0.235. The number of hydrogen-bond donors (Lipinski definition) is 1. The molecule has 0 aliphatic heterocycles. The first-order valence-corrected chi connectivity index (χ1v) is 8.34. The SMILES string of the molecule is COc1cccc(C=CC(=O)NC(c2ccccc2)c2ccncc2)c1. The fraction of sp³-hybridized carbons (Fsp3) is 0.0909. The summed E-state index contributed by atoms with van der Waals surface area (Å²) in [4.78, 5) is 16.5. The normalized spacial score (nSPS) is 11.9. The molecule has 0 bridgehead atoms. The lowest BCUT2D eigenvalue weighted by molar-refractivity contribution is -0.116. The van der Waals surface area contributed by atoms with Gasteiger partial charge in [-0.05, 0) is 47.0 Å². The predicted molar refractivity (Wildman–Crippen MR) is 103 cm³/mol. The zero-order valence-corrected chi connectivity index (χ0v) is 14.5. The van der Waals surface area contributed by atoms with Crippen LogP contribution < -0.4 is 10.1 Å². The van der Waals surface area contributed by atoms with Crippen LogP contribution in [0.15, 0.2) is 85.2 Å². The molecule has 1 heterocycles. The molecule has 0 saturated carbocycles. The van der Waals surface area contributed by atoms with Crippen molar-refractivity contribution in [1.82, 2.24) is 10.3 Å². The van der Waals surface area contributed by atoms with Crippen molar-refractivity contribution in [2.24, 2.45) is 0 Å². The van der Waals surface area contributed by atoms with Crippen molar-refractivity contribution in [1.29, 1.82) is 0 Å². The molecule has 4 heteroatoms. The summed E-state index contributed by atoms with van der Waals surface area (Å²) in [6.45, 7) is 0. The van der Waals surface area contributed by atoms with Gasteiger partial charge < -0.3 is 10.1 Å². The molecule has 2 aromatic carbocycles. The molecule has 4 nitrogen and oxygen atoms in total. The van der Waals surface area contributed by atoms with Gasteiger partial charge in [0.05, 0.1) is 13.2 Å². The molecule has 0 radical (unpaired) electrons. The van der Waals surface area contributed by atoms with E-state index in [1.54, 1.807) is 25.6 Å². The van der Waals surface area contributed by atoms with Crippen LogP contribution in [0, 0.1) is 0 Å². The summed E-state index contributed by atoms with van der Waals surface area (Å²) in [6, 6.07) is 21.0. The van der Waals surface area contributed by atoms with Gasteiger partial charge in [0.25, 0.3) is 0 Å². The lowest BCUT2D eigenvalue weighted by atomic mass is 9.99. The van der Waals surface area contributed by atoms with Gasteiger partial charge in [-0.15, -0.1) is 0 Å². The van der Waals surface area contributed by atoms with Crippen molar-refractivity contribution in [3.05, 3.63) is 102 Å². The molecule has 3 aromatic rings. The lowest BCUT2D eigenvalue weighted by Gasteiger charge is -2.18. The van der Waals surface area contributed by atoms with E-state index in [2.05, 4.69) is 10.3 Å². The van der Waals surface area contributed by atoms with Crippen molar-refractivity contribution >= 4 is 12.0 Å². The van der Waals surface area contributed by atoms with Crippen molar-refractivity contribution < 1.29 is 9.53 Å². The summed E-state index contributed by atoms with van der Waals surface area (Å²) in [5, 5.41) is 3.06. The molecule has 26 heavy (non-hydrogen) atoms. The van der Waals surface area contributed by atoms with E-state index in [1.807, 2.05) is 66.7 Å². The molecule has 1 N–H and O–H groups in total. The van der Waals surface area contributed by atoms with Gasteiger partial charge in [0.2, 0.25) is 5.91 Å². The van der Waals surface area contributed by atoms with E-state index in [4.69, 9.17) is 4.74 Å². The summed E-state index contributed by atoms with van der Waals surface area (Å²) in [6.07, 6.45) is 6.76. The Morgan fingerprint density at radius 2 is 1.73 bits per heavy atom. The molecule has 0 saturated heterocycles. The van der Waals surface area contributed by atoms with Crippen LogP contribution in [0.2, 0.25) is 0 Å². The topological polar surface area (TPSA) is 51.2 Å². The zero-order chi connectivity index (χ0) is 18.2. The van der Waals surface area contributed by atoms with Crippen molar-refractivity contribution in [2.75, 3.05) is 7.11 Å². The predicted octanol–water partition coefficient (Wildman–Crippen LogP) is 4.01. The van der Waals surface area contributed by atoms with Gasteiger partial charge in [0.1, 0.15) is 5.75 Å². The number of hydrogen-bond acceptors (Lipinski definition) is 3. The molecule has 130 valence electrons. The highest BCUT2D eigenvalue weighted by atomic mass is 16.5. The van der Waals surface area contributed by atoms with Crippen molar-refractivity contribution in [3.63, 3.8) is 0 Å². The third-order valence-electron chi connectivity index (χ3n) is 3.98. The monoisotopic (exact) mass is 344 g/mol. The van der Waals surface area contributed by atoms with Crippen molar-refractivity contribution in [2.45, 2.75) is 6.04 Å². The van der Waals surface area contributed by atoms with Gasteiger partial charge in [-0.25, -0.2) is 0 Å². The zero-order valence-electron chi connectivity index (χ0n) is 14.5. The number of methoxy groups -OCH3 is 1. The molecule has 0 aliphatic rings. The lowest BCUT2D eigenvalue weighted by Crippen LogP contribution is -2.27. The molecule has 0 spiro atoms. The molecular weight excluding hydrogens is 324 g/mol. The standard InChI is InChI=1S/C22H20N2O2/c1-26-20-9-5-6-17(16-20)10-11-21(25)24-22(18-7-3-2-4-8-18)19-12-14-23-15-13-19/h2-16,22H,1H3,(H,24,25). The van der Waals surface area contributed by atoms with Crippen LogP contribution in [-0.4, -0.2) is 18.0 Å². The number of benzene rings is 2. The number of nitrogens with zero attached hydrogens (tertiary/aromatic N) is 1. The molecule has 1 unspecified atom stereocenters. The van der Waals surface area contributed by atoms with Crippen LogP contribution in [-0.2, 0) is 4.79 Å². The number of aromatic nitrogens is 1. The molecular formula is C22H20N2O2. The summed E-state index contributed by atoms with van der Waals surface area (Å²) in [7, 11) is 1.62. The number of carbonyl (C=O) groups is 1. The minimum absolute atomic E-state index is 0.168. The number of pyridine rings is 1. The van der Waals surface area contributed by atoms with Crippen LogP contribution in [0.1, 0.15) is 22.7 Å². The molecule has 0 aliphatic carbocycles. The van der Waals surface area contributed by atoms with Gasteiger partial charge in [0.15, 0.2) is 0 Å². The van der Waals surface area contributed by atoms with E-state index in [0.717, 1.165) is 22.4 Å². The van der Waals surface area contributed by atoms with Crippen molar-refractivity contribution in [3.8, 4) is 5.75 Å². The number of rotatable bonds is 6. The average molecular weight is 344 g/mol. The van der Waals surface area contributed by atoms with Gasteiger partial charge >= 0.3 is 0 Å². The van der Waals surface area contributed by atoms with Gasteiger partial charge in [-0.3, -0.25) is 9.78 Å². The first-order chi connectivity index (χ1) is 12.8. The van der Waals surface area contributed by atoms with E-state index < -0.39 is 0 Å². The highest BCUT2D eigenvalue weighted by molar-refractivity contribution is 5.92. The molecule has 0 fully saturated rings. The summed E-state index contributed by atoms with van der Waals surface area (Å²) < 4.78 is 5.20. The Labute approximate surface area is 153 Å². The number of nitrogens with one attached hydrogen (secondary N) is 1. The number of carbonyl (C=O) groups excluding carboxylic acids is 1. The second-order valence-corrected chi connectivity index (χ2v) is 5.74. The summed E-state index contributed by atoms with van der Waals surface area (Å²) in [5.41, 5.74) is 2.90. The molecule has 1 aromatic heterocycles. The fourth-order valence-electron chi connectivity index (χ4n) is 2.67. The van der Waals surface area contributed by atoms with E-state index in [9.17, 15) is 4.79 Å². The van der Waals surface area contributed by atoms with Gasteiger partial charge in [-0.1, -0.05) is 42.5 Å². The maximum Gasteiger partial charge on any atom is 0.244 e. The van der Waals surface area contributed by atoms with Crippen LogP contribution >= 0.6 is 0 Å². The Kier molecular flexibility index (Phi) is 5.78. The van der Waals surface area contributed by atoms with Gasteiger partial charge in [-0.2, -0.15) is 0 Å². The van der Waals surface area contributed by atoms with Crippen LogP contribution in [0.4, 0.5) is 0 Å². The Bertz CT molecular complexity index is 837. The summed E-state index contributed by atoms with van der Waals surface area (Å²) in [5.74, 6) is 0.588. The smallest absolute Gasteiger partial charge is 0.244 e. The van der Waals surface area contributed by atoms with Crippen LogP contribution in [0.5, 0.6) is 5.75 Å². The third kappa shape index (κ3) is 4.57. The van der Waals surface area contributed by atoms with Crippen LogP contribution in [0.3, 0.4) is 0 Å². The highest BCUT2D eigenvalue weighted by Gasteiger charge is 2.15. The van der Waals surface area contributed by atoms with Crippen LogP contribution in [0.25, 0.3) is 6.08 Å². The largest absolute Gasteiger partial charge is 0.497 e. The Hall–Kier alpha value is -3.40. The van der Waals surface area contributed by atoms with E-state index in [0.29, 0.717) is 0 Å². The average Bonchev–Trinajstić information content (AvgIpc) is 2.72. The number of ether oxygens (including phenoxy) is 1. The highest BCUT2D eigenvalue weighted by Crippen LogP contribution is 2.21.